The molecule has 0 aromatic heterocycles. The Morgan fingerprint density at radius 2 is 2.11 bits per heavy atom. The van der Waals surface area contributed by atoms with Crippen LogP contribution in [0.4, 0.5) is 0 Å². The van der Waals surface area contributed by atoms with Crippen molar-refractivity contribution in [3.05, 3.63) is 47.2 Å². The van der Waals surface area contributed by atoms with Gasteiger partial charge in [-0.1, -0.05) is 18.3 Å². The van der Waals surface area contributed by atoms with Crippen LogP contribution in [0.5, 0.6) is 11.5 Å². The van der Waals surface area contributed by atoms with Gasteiger partial charge >= 0.3 is 0 Å². The van der Waals surface area contributed by atoms with Gasteiger partial charge in [0.25, 0.3) is 0 Å². The van der Waals surface area contributed by atoms with Crippen molar-refractivity contribution in [2.75, 3.05) is 20.3 Å². The number of ketones is 1. The molecule has 2 aliphatic rings. The Hall–Kier alpha value is -2.38. The van der Waals surface area contributed by atoms with Gasteiger partial charge in [0, 0.05) is 23.5 Å². The van der Waals surface area contributed by atoms with Crippen LogP contribution in [-0.2, 0) is 16.1 Å². The molecular formula is C21H25NO5S. The van der Waals surface area contributed by atoms with E-state index in [9.17, 15) is 4.79 Å². The highest BCUT2D eigenvalue weighted by molar-refractivity contribution is 7.80. The smallest absolute Gasteiger partial charge is 0.191 e. The number of fused-ring (bicyclic) bond motifs is 1. The molecule has 2 unspecified atom stereocenters. The molecule has 0 amide bonds. The first kappa shape index (κ1) is 20.4. The average Bonchev–Trinajstić information content (AvgIpc) is 2.70. The van der Waals surface area contributed by atoms with Crippen LogP contribution in [0.2, 0.25) is 0 Å². The lowest BCUT2D eigenvalue weighted by Crippen LogP contribution is -2.27. The van der Waals surface area contributed by atoms with E-state index in [2.05, 4.69) is 0 Å². The lowest BCUT2D eigenvalue weighted by Gasteiger charge is -2.24. The molecule has 0 saturated carbocycles. The Morgan fingerprint density at radius 3 is 2.79 bits per heavy atom. The molecule has 0 saturated heterocycles. The second kappa shape index (κ2) is 9.21. The molecule has 1 aliphatic heterocycles. The fraction of sp³-hybridized carbons (Fsp3) is 0.429. The molecule has 150 valence electrons. The Kier molecular flexibility index (Phi) is 6.70. The number of nitrogens with two attached hydrogens (primary N) is 1. The fourth-order valence-electron chi connectivity index (χ4n) is 3.14. The summed E-state index contributed by atoms with van der Waals surface area (Å²) >= 11 is 5.00. The number of hydrogen-bond acceptors (Lipinski definition) is 6. The van der Waals surface area contributed by atoms with Crippen molar-refractivity contribution in [2.45, 2.75) is 32.5 Å². The van der Waals surface area contributed by atoms with Gasteiger partial charge in [-0.25, -0.2) is 0 Å². The lowest BCUT2D eigenvalue weighted by atomic mass is 9.97. The quantitative estimate of drug-likeness (QED) is 0.527. The highest BCUT2D eigenvalue weighted by Gasteiger charge is 2.28. The van der Waals surface area contributed by atoms with E-state index >= 15 is 0 Å². The number of hydrogen-bond donors (Lipinski definition) is 1. The van der Waals surface area contributed by atoms with Gasteiger partial charge in [0.05, 0.1) is 31.9 Å². The maximum absolute atomic E-state index is 12.3. The van der Waals surface area contributed by atoms with Gasteiger partial charge < -0.3 is 24.7 Å². The summed E-state index contributed by atoms with van der Waals surface area (Å²) in [6.45, 7) is 3.03. The van der Waals surface area contributed by atoms with E-state index in [0.717, 1.165) is 17.7 Å². The number of thiocarbonyl (C=S) groups is 1. The van der Waals surface area contributed by atoms with E-state index in [0.29, 0.717) is 48.3 Å². The number of ether oxygens (including phenoxy) is 4. The van der Waals surface area contributed by atoms with Crippen LogP contribution >= 0.6 is 12.2 Å². The van der Waals surface area contributed by atoms with E-state index in [4.69, 9.17) is 36.9 Å². The number of allylic oxidation sites excluding steroid dienone is 2. The van der Waals surface area contributed by atoms with Crippen LogP contribution in [0.15, 0.2) is 36.1 Å². The zero-order valence-electron chi connectivity index (χ0n) is 16.1. The van der Waals surface area contributed by atoms with Crippen LogP contribution in [0.25, 0.3) is 0 Å². The van der Waals surface area contributed by atoms with Gasteiger partial charge in [0.2, 0.25) is 0 Å². The summed E-state index contributed by atoms with van der Waals surface area (Å²) in [5.41, 5.74) is 7.02. The predicted molar refractivity (Wildman–Crippen MR) is 110 cm³/mol. The Bertz CT molecular complexity index is 817. The summed E-state index contributed by atoms with van der Waals surface area (Å²) < 4.78 is 22.6. The van der Waals surface area contributed by atoms with E-state index in [1.165, 1.54) is 0 Å². The van der Waals surface area contributed by atoms with Crippen molar-refractivity contribution in [3.63, 3.8) is 0 Å². The highest BCUT2D eigenvalue weighted by atomic mass is 32.1. The van der Waals surface area contributed by atoms with Gasteiger partial charge in [-0.3, -0.25) is 4.79 Å². The first-order valence-corrected chi connectivity index (χ1v) is 9.71. The maximum Gasteiger partial charge on any atom is 0.191 e. The third-order valence-electron chi connectivity index (χ3n) is 4.79. The van der Waals surface area contributed by atoms with Gasteiger partial charge in [-0.15, -0.1) is 0 Å². The molecule has 1 aromatic carbocycles. The SMILES string of the molecule is COc1ccc2c(c1OCCCOC1=CCC(C(N)=S)C=C1)COC(C)C2=O. The topological polar surface area (TPSA) is 80.0 Å². The van der Waals surface area contributed by atoms with Gasteiger partial charge in [-0.05, 0) is 37.6 Å². The second-order valence-electron chi connectivity index (χ2n) is 6.70. The molecule has 0 spiro atoms. The zero-order valence-corrected chi connectivity index (χ0v) is 16.9. The van der Waals surface area contributed by atoms with E-state index in [-0.39, 0.29) is 11.7 Å². The van der Waals surface area contributed by atoms with Crippen LogP contribution < -0.4 is 15.2 Å². The van der Waals surface area contributed by atoms with Crippen molar-refractivity contribution < 1.29 is 23.7 Å². The largest absolute Gasteiger partial charge is 0.494 e. The first-order chi connectivity index (χ1) is 13.5. The number of carbonyl (C=O) groups excluding carboxylic acids is 1. The number of benzene rings is 1. The van der Waals surface area contributed by atoms with E-state index < -0.39 is 6.10 Å². The Balaban J connectivity index is 1.53. The van der Waals surface area contributed by atoms with Crippen LogP contribution in [0, 0.1) is 5.92 Å². The highest BCUT2D eigenvalue weighted by Crippen LogP contribution is 2.37. The number of rotatable bonds is 8. The molecule has 3 rings (SSSR count). The summed E-state index contributed by atoms with van der Waals surface area (Å²) in [6.07, 6.45) is 6.86. The summed E-state index contributed by atoms with van der Waals surface area (Å²) in [7, 11) is 1.58. The van der Waals surface area contributed by atoms with Gasteiger partial charge in [0.15, 0.2) is 17.3 Å². The minimum Gasteiger partial charge on any atom is -0.494 e. The minimum atomic E-state index is -0.438. The summed E-state index contributed by atoms with van der Waals surface area (Å²) in [4.78, 5) is 12.8. The van der Waals surface area contributed by atoms with Crippen molar-refractivity contribution in [2.24, 2.45) is 11.7 Å². The molecule has 1 heterocycles. The molecular weight excluding hydrogens is 378 g/mol. The molecule has 2 N–H and O–H groups in total. The normalized spacial score (nSPS) is 20.9. The van der Waals surface area contributed by atoms with Crippen LogP contribution in [0.3, 0.4) is 0 Å². The molecule has 7 heteroatoms. The average molecular weight is 404 g/mol. The molecule has 28 heavy (non-hydrogen) atoms. The van der Waals surface area contributed by atoms with Gasteiger partial charge in [0.1, 0.15) is 11.9 Å². The monoisotopic (exact) mass is 403 g/mol. The Labute approximate surface area is 170 Å². The van der Waals surface area contributed by atoms with Crippen molar-refractivity contribution in [3.8, 4) is 11.5 Å². The standard InChI is InChI=1S/C21H25NO5S/c1-13-19(23)16-8-9-18(24-2)20(17(16)12-27-13)26-11-3-10-25-15-6-4-14(5-7-15)21(22)28/h4,6-9,13-14H,3,5,10-12H2,1-2H3,(H2,22,28). The lowest BCUT2D eigenvalue weighted by molar-refractivity contribution is 0.0324. The molecule has 1 aromatic rings. The predicted octanol–water partition coefficient (Wildman–Crippen LogP) is 3.33. The van der Waals surface area contributed by atoms with E-state index in [1.54, 1.807) is 26.2 Å². The number of carbonyl (C=O) groups is 1. The van der Waals surface area contributed by atoms with Crippen molar-refractivity contribution in [1.29, 1.82) is 0 Å². The van der Waals surface area contributed by atoms with Crippen molar-refractivity contribution in [1.82, 2.24) is 0 Å². The fourth-order valence-corrected chi connectivity index (χ4v) is 3.32. The van der Waals surface area contributed by atoms with E-state index in [1.807, 2.05) is 18.2 Å². The second-order valence-corrected chi connectivity index (χ2v) is 7.17. The molecule has 0 fully saturated rings. The third kappa shape index (κ3) is 4.54. The molecule has 0 bridgehead atoms. The molecule has 6 nitrogen and oxygen atoms in total. The summed E-state index contributed by atoms with van der Waals surface area (Å²) in [6, 6.07) is 3.53. The molecule has 0 radical (unpaired) electrons. The number of methoxy groups -OCH3 is 1. The summed E-state index contributed by atoms with van der Waals surface area (Å²) in [5, 5.41) is 0. The Morgan fingerprint density at radius 1 is 1.32 bits per heavy atom. The van der Waals surface area contributed by atoms with Crippen molar-refractivity contribution >= 4 is 23.0 Å². The minimum absolute atomic E-state index is 0.0385. The van der Waals surface area contributed by atoms with Crippen LogP contribution in [0.1, 0.15) is 35.7 Å². The maximum atomic E-state index is 12.3. The molecule has 1 aliphatic carbocycles. The zero-order chi connectivity index (χ0) is 20.1. The summed E-state index contributed by atoms with van der Waals surface area (Å²) in [5.74, 6) is 2.04. The molecule has 2 atom stereocenters. The van der Waals surface area contributed by atoms with Gasteiger partial charge in [-0.2, -0.15) is 0 Å². The third-order valence-corrected chi connectivity index (χ3v) is 5.09. The van der Waals surface area contributed by atoms with Crippen LogP contribution in [-0.4, -0.2) is 37.2 Å². The first-order valence-electron chi connectivity index (χ1n) is 9.30. The number of Topliss-reactive ketones (excluding diaryl/α,β-unsaturated/α-hetero) is 1.